The van der Waals surface area contributed by atoms with E-state index >= 15 is 0 Å². The Balaban J connectivity index is 3.07. The molecule has 0 fully saturated rings. The van der Waals surface area contributed by atoms with Crippen molar-refractivity contribution < 1.29 is 4.43 Å². The lowest BCUT2D eigenvalue weighted by atomic mass is 10.9. The highest BCUT2D eigenvalue weighted by Crippen LogP contribution is 1.98. The first-order valence-electron chi connectivity index (χ1n) is 3.32. The molecule has 1 nitrogen and oxygen atoms in total. The SMILES string of the molecule is CCO[Si](CC)CC. The zero-order chi connectivity index (χ0) is 6.41. The van der Waals surface area contributed by atoms with Crippen LogP contribution >= 0.6 is 0 Å². The molecule has 0 aliphatic rings. The predicted molar refractivity (Wildman–Crippen MR) is 38.3 cm³/mol. The maximum atomic E-state index is 5.44. The first kappa shape index (κ1) is 8.18. The molecule has 0 rings (SSSR count). The molecule has 0 aromatic heterocycles. The van der Waals surface area contributed by atoms with Gasteiger partial charge in [0.15, 0.2) is 0 Å². The zero-order valence-corrected chi connectivity index (χ0v) is 7.03. The van der Waals surface area contributed by atoms with Gasteiger partial charge in [0.05, 0.1) is 0 Å². The zero-order valence-electron chi connectivity index (χ0n) is 6.03. The monoisotopic (exact) mass is 131 g/mol. The molecule has 8 heavy (non-hydrogen) atoms. The molecule has 0 N–H and O–H groups in total. The van der Waals surface area contributed by atoms with Gasteiger partial charge in [-0.25, -0.2) is 0 Å². The highest BCUT2D eigenvalue weighted by Gasteiger charge is 2.03. The van der Waals surface area contributed by atoms with Crippen LogP contribution in [0.4, 0.5) is 0 Å². The Kier molecular flexibility index (Phi) is 5.43. The van der Waals surface area contributed by atoms with Crippen molar-refractivity contribution in [1.29, 1.82) is 0 Å². The van der Waals surface area contributed by atoms with E-state index in [2.05, 4.69) is 20.8 Å². The smallest absolute Gasteiger partial charge is 0.210 e. The quantitative estimate of drug-likeness (QED) is 0.531. The molecule has 2 heteroatoms. The fourth-order valence-corrected chi connectivity index (χ4v) is 1.97. The molecule has 0 bridgehead atoms. The fraction of sp³-hybridized carbons (Fsp3) is 1.00. The van der Waals surface area contributed by atoms with Crippen LogP contribution in [-0.4, -0.2) is 15.6 Å². The summed E-state index contributed by atoms with van der Waals surface area (Å²) in [7, 11) is -0.374. The van der Waals surface area contributed by atoms with Crippen molar-refractivity contribution in [2.75, 3.05) is 6.61 Å². The standard InChI is InChI=1S/C6H15OSi/c1-4-7-8(5-2)6-3/h4-6H2,1-3H3. The van der Waals surface area contributed by atoms with E-state index in [0.717, 1.165) is 6.61 Å². The summed E-state index contributed by atoms with van der Waals surface area (Å²) >= 11 is 0. The van der Waals surface area contributed by atoms with Gasteiger partial charge in [-0.15, -0.1) is 0 Å². The number of hydrogen-bond acceptors (Lipinski definition) is 1. The molecule has 49 valence electrons. The van der Waals surface area contributed by atoms with E-state index < -0.39 is 0 Å². The maximum absolute atomic E-state index is 5.44. The summed E-state index contributed by atoms with van der Waals surface area (Å²) in [5, 5.41) is 0. The van der Waals surface area contributed by atoms with Crippen molar-refractivity contribution in [2.24, 2.45) is 0 Å². The van der Waals surface area contributed by atoms with E-state index in [4.69, 9.17) is 4.43 Å². The maximum Gasteiger partial charge on any atom is 0.210 e. The molecule has 0 aromatic rings. The third-order valence-corrected chi connectivity index (χ3v) is 3.41. The molecule has 0 aliphatic carbocycles. The van der Waals surface area contributed by atoms with E-state index in [-0.39, 0.29) is 9.04 Å². The topological polar surface area (TPSA) is 9.23 Å². The summed E-state index contributed by atoms with van der Waals surface area (Å²) in [6.07, 6.45) is 0. The van der Waals surface area contributed by atoms with Crippen molar-refractivity contribution >= 4 is 9.04 Å². The summed E-state index contributed by atoms with van der Waals surface area (Å²) in [5.74, 6) is 0. The lowest BCUT2D eigenvalue weighted by Crippen LogP contribution is -2.14. The van der Waals surface area contributed by atoms with Gasteiger partial charge in [0.2, 0.25) is 9.04 Å². The Morgan fingerprint density at radius 2 is 1.62 bits per heavy atom. The lowest BCUT2D eigenvalue weighted by Gasteiger charge is -2.07. The van der Waals surface area contributed by atoms with Gasteiger partial charge in [-0.2, -0.15) is 0 Å². The summed E-state index contributed by atoms with van der Waals surface area (Å²) in [4.78, 5) is 0. The highest BCUT2D eigenvalue weighted by molar-refractivity contribution is 6.51. The Hall–Kier alpha value is 0.177. The second kappa shape index (κ2) is 5.32. The van der Waals surface area contributed by atoms with Crippen molar-refractivity contribution in [3.8, 4) is 0 Å². The van der Waals surface area contributed by atoms with Crippen molar-refractivity contribution in [1.82, 2.24) is 0 Å². The van der Waals surface area contributed by atoms with Crippen LogP contribution < -0.4 is 0 Å². The van der Waals surface area contributed by atoms with E-state index in [1.807, 2.05) is 0 Å². The van der Waals surface area contributed by atoms with Crippen LogP contribution in [0.25, 0.3) is 0 Å². The van der Waals surface area contributed by atoms with Gasteiger partial charge >= 0.3 is 0 Å². The van der Waals surface area contributed by atoms with E-state index in [0.29, 0.717) is 0 Å². The average Bonchev–Trinajstić information content (AvgIpc) is 1.83. The molecule has 0 spiro atoms. The molecule has 0 aromatic carbocycles. The van der Waals surface area contributed by atoms with Gasteiger partial charge in [-0.05, 0) is 19.0 Å². The van der Waals surface area contributed by atoms with Gasteiger partial charge in [0, 0.05) is 6.61 Å². The first-order chi connectivity index (χ1) is 3.85. The van der Waals surface area contributed by atoms with Crippen LogP contribution in [0.1, 0.15) is 20.8 Å². The molecule has 1 radical (unpaired) electrons. The van der Waals surface area contributed by atoms with Gasteiger partial charge in [-0.3, -0.25) is 0 Å². The summed E-state index contributed by atoms with van der Waals surface area (Å²) < 4.78 is 5.44. The second-order valence-electron chi connectivity index (χ2n) is 1.68. The molecular formula is C6H15OSi. The minimum absolute atomic E-state index is 0.374. The largest absolute Gasteiger partial charge is 0.417 e. The third-order valence-electron chi connectivity index (χ3n) is 1.14. The Morgan fingerprint density at radius 3 is 1.75 bits per heavy atom. The minimum Gasteiger partial charge on any atom is -0.417 e. The van der Waals surface area contributed by atoms with Crippen LogP contribution in [-0.2, 0) is 4.43 Å². The molecule has 0 aliphatic heterocycles. The summed E-state index contributed by atoms with van der Waals surface area (Å²) in [6.45, 7) is 7.37. The first-order valence-corrected chi connectivity index (χ1v) is 5.14. The molecule has 0 atom stereocenters. The van der Waals surface area contributed by atoms with Crippen molar-refractivity contribution in [2.45, 2.75) is 32.9 Å². The van der Waals surface area contributed by atoms with E-state index in [9.17, 15) is 0 Å². The molecule has 0 heterocycles. The summed E-state index contributed by atoms with van der Waals surface area (Å²) in [5.41, 5.74) is 0. The second-order valence-corrected chi connectivity index (χ2v) is 4.46. The van der Waals surface area contributed by atoms with Gasteiger partial charge in [0.1, 0.15) is 0 Å². The van der Waals surface area contributed by atoms with Crippen LogP contribution in [0, 0.1) is 0 Å². The Morgan fingerprint density at radius 1 is 1.12 bits per heavy atom. The molecule has 0 saturated carbocycles. The Bertz CT molecular complexity index is 43.8. The average molecular weight is 131 g/mol. The molecule has 0 amide bonds. The molecular weight excluding hydrogens is 116 g/mol. The van der Waals surface area contributed by atoms with Crippen LogP contribution in [0.5, 0.6) is 0 Å². The third kappa shape index (κ3) is 3.21. The Labute approximate surface area is 53.8 Å². The molecule has 0 unspecified atom stereocenters. The van der Waals surface area contributed by atoms with Crippen LogP contribution in [0.15, 0.2) is 0 Å². The highest BCUT2D eigenvalue weighted by atomic mass is 28.3. The number of hydrogen-bond donors (Lipinski definition) is 0. The van der Waals surface area contributed by atoms with Crippen molar-refractivity contribution in [3.63, 3.8) is 0 Å². The van der Waals surface area contributed by atoms with Gasteiger partial charge < -0.3 is 4.43 Å². The summed E-state index contributed by atoms with van der Waals surface area (Å²) in [6, 6.07) is 2.49. The van der Waals surface area contributed by atoms with Crippen LogP contribution in [0.3, 0.4) is 0 Å². The van der Waals surface area contributed by atoms with Gasteiger partial charge in [-0.1, -0.05) is 13.8 Å². The van der Waals surface area contributed by atoms with Crippen LogP contribution in [0.2, 0.25) is 12.1 Å². The van der Waals surface area contributed by atoms with Gasteiger partial charge in [0.25, 0.3) is 0 Å². The van der Waals surface area contributed by atoms with E-state index in [1.54, 1.807) is 0 Å². The number of rotatable bonds is 4. The van der Waals surface area contributed by atoms with E-state index in [1.165, 1.54) is 12.1 Å². The molecule has 0 saturated heterocycles. The van der Waals surface area contributed by atoms with Crippen molar-refractivity contribution in [3.05, 3.63) is 0 Å². The predicted octanol–water partition coefficient (Wildman–Crippen LogP) is 2.05. The lowest BCUT2D eigenvalue weighted by molar-refractivity contribution is 0.343. The minimum atomic E-state index is -0.374. The normalized spacial score (nSPS) is 10.5. The fourth-order valence-electron chi connectivity index (χ4n) is 0.658.